The summed E-state index contributed by atoms with van der Waals surface area (Å²) in [4.78, 5) is 4.31. The van der Waals surface area contributed by atoms with Gasteiger partial charge in [-0.25, -0.2) is 4.68 Å². The first-order valence-corrected chi connectivity index (χ1v) is 6.72. The molecule has 5 heteroatoms. The third-order valence-electron chi connectivity index (χ3n) is 3.08. The van der Waals surface area contributed by atoms with Gasteiger partial charge in [0.15, 0.2) is 0 Å². The molecule has 0 aliphatic rings. The summed E-state index contributed by atoms with van der Waals surface area (Å²) in [5, 5.41) is 12.8. The minimum Gasteiger partial charge on any atom is -0.309 e. The Labute approximate surface area is 117 Å². The fraction of sp³-hybridized carbons (Fsp3) is 0.267. The zero-order chi connectivity index (χ0) is 13.9. The average Bonchev–Trinajstić information content (AvgIpc) is 2.93. The average molecular weight is 267 g/mol. The highest BCUT2D eigenvalue weighted by molar-refractivity contribution is 5.80. The van der Waals surface area contributed by atoms with Crippen LogP contribution in [-0.2, 0) is 6.54 Å². The molecular formula is C15H17N5. The smallest absolute Gasteiger partial charge is 0.0969 e. The monoisotopic (exact) mass is 267 g/mol. The van der Waals surface area contributed by atoms with E-state index in [1.807, 2.05) is 30.5 Å². The summed E-state index contributed by atoms with van der Waals surface area (Å²) in [6.45, 7) is 4.95. The van der Waals surface area contributed by atoms with Crippen LogP contribution in [0.5, 0.6) is 0 Å². The van der Waals surface area contributed by atoms with Crippen molar-refractivity contribution in [3.8, 4) is 5.69 Å². The highest BCUT2D eigenvalue weighted by atomic mass is 15.4. The molecule has 1 aromatic carbocycles. The SMILES string of the molecule is CC(C)NCc1cn(-c2ccc3ncccc3c2)nn1. The molecule has 3 aromatic rings. The fourth-order valence-electron chi connectivity index (χ4n) is 2.02. The molecule has 0 amide bonds. The van der Waals surface area contributed by atoms with E-state index in [4.69, 9.17) is 0 Å². The van der Waals surface area contributed by atoms with Gasteiger partial charge in [-0.2, -0.15) is 0 Å². The Morgan fingerprint density at radius 1 is 1.25 bits per heavy atom. The number of hydrogen-bond donors (Lipinski definition) is 1. The lowest BCUT2D eigenvalue weighted by Crippen LogP contribution is -2.21. The van der Waals surface area contributed by atoms with Crippen molar-refractivity contribution in [3.05, 3.63) is 48.4 Å². The summed E-state index contributed by atoms with van der Waals surface area (Å²) in [5.74, 6) is 0. The zero-order valence-corrected chi connectivity index (χ0v) is 11.6. The number of nitrogens with zero attached hydrogens (tertiary/aromatic N) is 4. The van der Waals surface area contributed by atoms with E-state index in [1.165, 1.54) is 0 Å². The molecule has 0 bridgehead atoms. The number of fused-ring (bicyclic) bond motifs is 1. The molecule has 0 radical (unpaired) electrons. The van der Waals surface area contributed by atoms with Crippen LogP contribution in [0.15, 0.2) is 42.7 Å². The Morgan fingerprint density at radius 2 is 2.15 bits per heavy atom. The van der Waals surface area contributed by atoms with E-state index >= 15 is 0 Å². The lowest BCUT2D eigenvalue weighted by Gasteiger charge is -2.04. The maximum Gasteiger partial charge on any atom is 0.0969 e. The summed E-state index contributed by atoms with van der Waals surface area (Å²) >= 11 is 0. The minimum absolute atomic E-state index is 0.437. The lowest BCUT2D eigenvalue weighted by atomic mass is 10.2. The Hall–Kier alpha value is -2.27. The molecule has 0 unspecified atom stereocenters. The first-order chi connectivity index (χ1) is 9.72. The van der Waals surface area contributed by atoms with Crippen LogP contribution in [0.3, 0.4) is 0 Å². The summed E-state index contributed by atoms with van der Waals surface area (Å²) in [6, 6.07) is 10.5. The second-order valence-electron chi connectivity index (χ2n) is 5.07. The molecule has 2 heterocycles. The Morgan fingerprint density at radius 3 is 3.00 bits per heavy atom. The van der Waals surface area contributed by atoms with Crippen molar-refractivity contribution in [3.63, 3.8) is 0 Å². The summed E-state index contributed by atoms with van der Waals surface area (Å²) in [7, 11) is 0. The van der Waals surface area contributed by atoms with E-state index in [9.17, 15) is 0 Å². The molecule has 0 fully saturated rings. The molecule has 1 N–H and O–H groups in total. The first kappa shape index (κ1) is 12.7. The van der Waals surface area contributed by atoms with Gasteiger partial charge in [0, 0.05) is 24.2 Å². The van der Waals surface area contributed by atoms with Gasteiger partial charge < -0.3 is 5.32 Å². The quantitative estimate of drug-likeness (QED) is 0.788. The van der Waals surface area contributed by atoms with Crippen LogP contribution in [-0.4, -0.2) is 26.0 Å². The van der Waals surface area contributed by atoms with Crippen LogP contribution in [0.2, 0.25) is 0 Å². The predicted octanol–water partition coefficient (Wildman–Crippen LogP) is 2.31. The molecule has 0 saturated heterocycles. The van der Waals surface area contributed by atoms with Gasteiger partial charge in [-0.1, -0.05) is 25.1 Å². The molecule has 0 saturated carbocycles. The van der Waals surface area contributed by atoms with Gasteiger partial charge in [-0.05, 0) is 24.3 Å². The maximum atomic E-state index is 4.31. The number of benzene rings is 1. The first-order valence-electron chi connectivity index (χ1n) is 6.72. The standard InChI is InChI=1S/C15H17N5/c1-11(2)17-9-13-10-20(19-18-13)14-5-6-15-12(8-14)4-3-7-16-15/h3-8,10-11,17H,9H2,1-2H3. The maximum absolute atomic E-state index is 4.31. The number of nitrogens with one attached hydrogen (secondary N) is 1. The van der Waals surface area contributed by atoms with Crippen LogP contribution in [0, 0.1) is 0 Å². The van der Waals surface area contributed by atoms with E-state index in [2.05, 4.69) is 40.5 Å². The van der Waals surface area contributed by atoms with Crippen molar-refractivity contribution in [2.24, 2.45) is 0 Å². The van der Waals surface area contributed by atoms with Gasteiger partial charge in [0.1, 0.15) is 0 Å². The highest BCUT2D eigenvalue weighted by Crippen LogP contribution is 2.16. The topological polar surface area (TPSA) is 55.6 Å². The predicted molar refractivity (Wildman–Crippen MR) is 78.6 cm³/mol. The van der Waals surface area contributed by atoms with Crippen molar-refractivity contribution in [2.75, 3.05) is 0 Å². The molecule has 0 aliphatic carbocycles. The fourth-order valence-corrected chi connectivity index (χ4v) is 2.02. The van der Waals surface area contributed by atoms with E-state index in [0.29, 0.717) is 6.04 Å². The van der Waals surface area contributed by atoms with Gasteiger partial charge in [0.05, 0.1) is 23.1 Å². The number of hydrogen-bond acceptors (Lipinski definition) is 4. The van der Waals surface area contributed by atoms with Crippen LogP contribution in [0.4, 0.5) is 0 Å². The summed E-state index contributed by atoms with van der Waals surface area (Å²) < 4.78 is 1.80. The number of pyridine rings is 1. The second kappa shape index (κ2) is 5.38. The third kappa shape index (κ3) is 2.67. The molecular weight excluding hydrogens is 250 g/mol. The zero-order valence-electron chi connectivity index (χ0n) is 11.6. The van der Waals surface area contributed by atoms with E-state index in [1.54, 1.807) is 10.9 Å². The molecule has 20 heavy (non-hydrogen) atoms. The molecule has 3 rings (SSSR count). The number of aromatic nitrogens is 4. The van der Waals surface area contributed by atoms with Crippen molar-refractivity contribution in [1.82, 2.24) is 25.3 Å². The summed E-state index contributed by atoms with van der Waals surface area (Å²) in [6.07, 6.45) is 3.75. The molecule has 102 valence electrons. The van der Waals surface area contributed by atoms with Crippen LogP contribution in [0.25, 0.3) is 16.6 Å². The Balaban J connectivity index is 1.87. The van der Waals surface area contributed by atoms with Gasteiger partial charge in [0.25, 0.3) is 0 Å². The van der Waals surface area contributed by atoms with Gasteiger partial charge in [-0.3, -0.25) is 4.98 Å². The van der Waals surface area contributed by atoms with E-state index in [-0.39, 0.29) is 0 Å². The third-order valence-corrected chi connectivity index (χ3v) is 3.08. The van der Waals surface area contributed by atoms with E-state index < -0.39 is 0 Å². The minimum atomic E-state index is 0.437. The second-order valence-corrected chi connectivity index (χ2v) is 5.07. The number of rotatable bonds is 4. The molecule has 0 aliphatic heterocycles. The van der Waals surface area contributed by atoms with Crippen LogP contribution in [0.1, 0.15) is 19.5 Å². The Bertz CT molecular complexity index is 717. The summed E-state index contributed by atoms with van der Waals surface area (Å²) in [5.41, 5.74) is 2.91. The largest absolute Gasteiger partial charge is 0.309 e. The van der Waals surface area contributed by atoms with Crippen molar-refractivity contribution < 1.29 is 0 Å². The van der Waals surface area contributed by atoms with Crippen molar-refractivity contribution >= 4 is 10.9 Å². The van der Waals surface area contributed by atoms with Crippen molar-refractivity contribution in [2.45, 2.75) is 26.4 Å². The van der Waals surface area contributed by atoms with E-state index in [0.717, 1.165) is 28.8 Å². The highest BCUT2D eigenvalue weighted by Gasteiger charge is 2.04. The lowest BCUT2D eigenvalue weighted by molar-refractivity contribution is 0.580. The van der Waals surface area contributed by atoms with Crippen LogP contribution < -0.4 is 5.32 Å². The van der Waals surface area contributed by atoms with Crippen molar-refractivity contribution in [1.29, 1.82) is 0 Å². The van der Waals surface area contributed by atoms with Gasteiger partial charge >= 0.3 is 0 Å². The molecule has 0 atom stereocenters. The normalized spacial score (nSPS) is 11.3. The van der Waals surface area contributed by atoms with Crippen LogP contribution >= 0.6 is 0 Å². The Kier molecular flexibility index (Phi) is 3.43. The molecule has 2 aromatic heterocycles. The van der Waals surface area contributed by atoms with Gasteiger partial charge in [0.2, 0.25) is 0 Å². The molecule has 5 nitrogen and oxygen atoms in total. The van der Waals surface area contributed by atoms with Gasteiger partial charge in [-0.15, -0.1) is 5.10 Å². The molecule has 0 spiro atoms.